The topological polar surface area (TPSA) is 84.9 Å². The Morgan fingerprint density at radius 2 is 1.62 bits per heavy atom. The van der Waals surface area contributed by atoms with E-state index < -0.39 is 15.9 Å². The van der Waals surface area contributed by atoms with Gasteiger partial charge in [0.25, 0.3) is 0 Å². The molecule has 0 fully saturated rings. The van der Waals surface area contributed by atoms with Crippen LogP contribution < -0.4 is 19.1 Å². The molecule has 1 N–H and O–H groups in total. The van der Waals surface area contributed by atoms with Crippen LogP contribution >= 0.6 is 0 Å². The number of hydrogen-bond donors (Lipinski definition) is 1. The molecule has 8 heteroatoms. The van der Waals surface area contributed by atoms with Gasteiger partial charge in [0.05, 0.1) is 25.1 Å². The first-order valence-corrected chi connectivity index (χ1v) is 11.1. The average molecular weight is 421 g/mol. The first-order valence-electron chi connectivity index (χ1n) is 9.22. The Morgan fingerprint density at radius 1 is 1.07 bits per heavy atom. The monoisotopic (exact) mass is 420 g/mol. The Bertz CT molecular complexity index is 922. The van der Waals surface area contributed by atoms with Crippen molar-refractivity contribution >= 4 is 21.6 Å². The van der Waals surface area contributed by atoms with Crippen molar-refractivity contribution in [2.24, 2.45) is 0 Å². The Balaban J connectivity index is 2.00. The molecule has 2 rings (SSSR count). The molecule has 0 aliphatic carbocycles. The fraction of sp³-hybridized carbons (Fsp3) is 0.381. The lowest BCUT2D eigenvalue weighted by Crippen LogP contribution is -2.45. The lowest BCUT2D eigenvalue weighted by atomic mass is 10.1. The minimum Gasteiger partial charge on any atom is -0.497 e. The highest BCUT2D eigenvalue weighted by molar-refractivity contribution is 7.92. The van der Waals surface area contributed by atoms with Crippen molar-refractivity contribution in [2.45, 2.75) is 26.8 Å². The molecule has 0 aromatic heterocycles. The van der Waals surface area contributed by atoms with Gasteiger partial charge in [0.1, 0.15) is 24.7 Å². The molecule has 2 aromatic rings. The van der Waals surface area contributed by atoms with Crippen molar-refractivity contribution < 1.29 is 22.7 Å². The third-order valence-electron chi connectivity index (χ3n) is 4.34. The van der Waals surface area contributed by atoms with Gasteiger partial charge in [-0.25, -0.2) is 8.42 Å². The number of aryl methyl sites for hydroxylation is 2. The molecule has 158 valence electrons. The van der Waals surface area contributed by atoms with Crippen molar-refractivity contribution in [2.75, 3.05) is 30.8 Å². The summed E-state index contributed by atoms with van der Waals surface area (Å²) in [4.78, 5) is 12.5. The van der Waals surface area contributed by atoms with Crippen LogP contribution in [0.15, 0.2) is 42.5 Å². The fourth-order valence-corrected chi connectivity index (χ4v) is 3.92. The SMILES string of the molecule is COc1ccc(OC[C@@H](C)NC(=O)CN(c2c(C)cccc2C)S(C)(=O)=O)cc1. The minimum atomic E-state index is -3.63. The molecular formula is C21H28N2O5S. The number of benzene rings is 2. The summed E-state index contributed by atoms with van der Waals surface area (Å²) in [6, 6.07) is 12.3. The summed E-state index contributed by atoms with van der Waals surface area (Å²) in [6.45, 7) is 5.40. The number of amides is 1. The molecule has 29 heavy (non-hydrogen) atoms. The maximum atomic E-state index is 12.5. The molecule has 0 heterocycles. The van der Waals surface area contributed by atoms with E-state index in [4.69, 9.17) is 9.47 Å². The van der Waals surface area contributed by atoms with E-state index in [-0.39, 0.29) is 19.2 Å². The van der Waals surface area contributed by atoms with Gasteiger partial charge in [0.2, 0.25) is 15.9 Å². The van der Waals surface area contributed by atoms with E-state index in [0.717, 1.165) is 27.4 Å². The molecule has 0 aliphatic rings. The number of nitrogens with one attached hydrogen (secondary N) is 1. The fourth-order valence-electron chi connectivity index (χ4n) is 2.95. The molecule has 2 aromatic carbocycles. The third kappa shape index (κ3) is 6.39. The lowest BCUT2D eigenvalue weighted by molar-refractivity contribution is -0.120. The number of nitrogens with zero attached hydrogens (tertiary/aromatic N) is 1. The zero-order valence-corrected chi connectivity index (χ0v) is 18.2. The number of ether oxygens (including phenoxy) is 2. The summed E-state index contributed by atoms with van der Waals surface area (Å²) in [5.41, 5.74) is 2.12. The number of sulfonamides is 1. The Labute approximate surface area is 172 Å². The van der Waals surface area contributed by atoms with E-state index in [1.165, 1.54) is 0 Å². The van der Waals surface area contributed by atoms with E-state index in [1.807, 2.05) is 32.0 Å². The summed E-state index contributed by atoms with van der Waals surface area (Å²) < 4.78 is 36.6. The summed E-state index contributed by atoms with van der Waals surface area (Å²) >= 11 is 0. The zero-order valence-electron chi connectivity index (χ0n) is 17.4. The average Bonchev–Trinajstić information content (AvgIpc) is 2.65. The highest BCUT2D eigenvalue weighted by atomic mass is 32.2. The number of carbonyl (C=O) groups excluding carboxylic acids is 1. The van der Waals surface area contributed by atoms with Crippen LogP contribution in [0.1, 0.15) is 18.1 Å². The number of para-hydroxylation sites is 1. The van der Waals surface area contributed by atoms with Gasteiger partial charge in [-0.3, -0.25) is 9.10 Å². The Morgan fingerprint density at radius 3 is 2.14 bits per heavy atom. The van der Waals surface area contributed by atoms with Crippen molar-refractivity contribution in [1.29, 1.82) is 0 Å². The highest BCUT2D eigenvalue weighted by Crippen LogP contribution is 2.26. The molecule has 0 unspecified atom stereocenters. The number of hydrogen-bond acceptors (Lipinski definition) is 5. The molecule has 0 radical (unpaired) electrons. The standard InChI is InChI=1S/C21H28N2O5S/c1-15-7-6-8-16(2)21(15)23(29(5,25)26)13-20(24)22-17(3)14-28-19-11-9-18(27-4)10-12-19/h6-12,17H,13-14H2,1-5H3,(H,22,24)/t17-/m1/s1. The quantitative estimate of drug-likeness (QED) is 0.674. The van der Waals surface area contributed by atoms with Gasteiger partial charge in [-0.1, -0.05) is 18.2 Å². The molecule has 1 atom stereocenters. The van der Waals surface area contributed by atoms with Crippen LogP contribution in [0.4, 0.5) is 5.69 Å². The van der Waals surface area contributed by atoms with Crippen LogP contribution in [0.3, 0.4) is 0 Å². The maximum absolute atomic E-state index is 12.5. The molecule has 7 nitrogen and oxygen atoms in total. The lowest BCUT2D eigenvalue weighted by Gasteiger charge is -2.26. The first-order chi connectivity index (χ1) is 13.6. The highest BCUT2D eigenvalue weighted by Gasteiger charge is 2.24. The van der Waals surface area contributed by atoms with Gasteiger partial charge >= 0.3 is 0 Å². The van der Waals surface area contributed by atoms with Gasteiger partial charge in [0.15, 0.2) is 0 Å². The number of methoxy groups -OCH3 is 1. The normalized spacial score (nSPS) is 12.2. The first kappa shape index (κ1) is 22.5. The Hall–Kier alpha value is -2.74. The van der Waals surface area contributed by atoms with Crippen LogP contribution in [0, 0.1) is 13.8 Å². The minimum absolute atomic E-state index is 0.250. The molecule has 0 saturated heterocycles. The molecule has 0 saturated carbocycles. The largest absolute Gasteiger partial charge is 0.497 e. The van der Waals surface area contributed by atoms with Crippen LogP contribution in [-0.2, 0) is 14.8 Å². The Kier molecular flexibility index (Phi) is 7.50. The molecule has 1 amide bonds. The number of carbonyl (C=O) groups is 1. The predicted molar refractivity (Wildman–Crippen MR) is 114 cm³/mol. The van der Waals surface area contributed by atoms with E-state index in [0.29, 0.717) is 11.4 Å². The van der Waals surface area contributed by atoms with Crippen LogP contribution in [-0.4, -0.2) is 46.9 Å². The van der Waals surface area contributed by atoms with Gasteiger partial charge in [-0.2, -0.15) is 0 Å². The van der Waals surface area contributed by atoms with Gasteiger partial charge in [-0.05, 0) is 56.2 Å². The van der Waals surface area contributed by atoms with E-state index in [1.54, 1.807) is 38.3 Å². The maximum Gasteiger partial charge on any atom is 0.241 e. The zero-order chi connectivity index (χ0) is 21.6. The van der Waals surface area contributed by atoms with E-state index in [9.17, 15) is 13.2 Å². The molecular weight excluding hydrogens is 392 g/mol. The molecule has 0 spiro atoms. The second-order valence-corrected chi connectivity index (χ2v) is 8.87. The van der Waals surface area contributed by atoms with Crippen molar-refractivity contribution in [3.8, 4) is 11.5 Å². The van der Waals surface area contributed by atoms with Crippen molar-refractivity contribution in [1.82, 2.24) is 5.32 Å². The number of rotatable bonds is 9. The van der Waals surface area contributed by atoms with Crippen LogP contribution in [0.5, 0.6) is 11.5 Å². The predicted octanol–water partition coefficient (Wildman–Crippen LogP) is 2.66. The van der Waals surface area contributed by atoms with Gasteiger partial charge < -0.3 is 14.8 Å². The molecule has 0 bridgehead atoms. The second kappa shape index (κ2) is 9.65. The van der Waals surface area contributed by atoms with Crippen molar-refractivity contribution in [3.05, 3.63) is 53.6 Å². The summed E-state index contributed by atoms with van der Waals surface area (Å²) in [5, 5.41) is 2.79. The second-order valence-electron chi connectivity index (χ2n) is 6.97. The summed E-state index contributed by atoms with van der Waals surface area (Å²) in [6.07, 6.45) is 1.10. The summed E-state index contributed by atoms with van der Waals surface area (Å²) in [7, 11) is -2.04. The van der Waals surface area contributed by atoms with Gasteiger partial charge in [-0.15, -0.1) is 0 Å². The van der Waals surface area contributed by atoms with Crippen LogP contribution in [0.2, 0.25) is 0 Å². The van der Waals surface area contributed by atoms with E-state index >= 15 is 0 Å². The van der Waals surface area contributed by atoms with Gasteiger partial charge in [0, 0.05) is 0 Å². The summed E-state index contributed by atoms with van der Waals surface area (Å²) in [5.74, 6) is 0.982. The van der Waals surface area contributed by atoms with E-state index in [2.05, 4.69) is 5.32 Å². The van der Waals surface area contributed by atoms with Crippen LogP contribution in [0.25, 0.3) is 0 Å². The smallest absolute Gasteiger partial charge is 0.241 e. The van der Waals surface area contributed by atoms with Crippen molar-refractivity contribution in [3.63, 3.8) is 0 Å². The molecule has 0 aliphatic heterocycles. The third-order valence-corrected chi connectivity index (χ3v) is 5.46. The number of anilines is 1.